The van der Waals surface area contributed by atoms with Crippen LogP contribution in [0, 0.1) is 27.7 Å². The first-order valence-corrected chi connectivity index (χ1v) is 16.2. The van der Waals surface area contributed by atoms with Gasteiger partial charge in [-0.2, -0.15) is 18.3 Å². The second-order valence-electron chi connectivity index (χ2n) is 11.3. The zero-order valence-electron chi connectivity index (χ0n) is 28.0. The Morgan fingerprint density at radius 3 is 1.83 bits per heavy atom. The van der Waals surface area contributed by atoms with Gasteiger partial charge < -0.3 is 4.42 Å². The van der Waals surface area contributed by atoms with E-state index in [4.69, 9.17) is 4.42 Å². The molecule has 0 unspecified atom stereocenters. The van der Waals surface area contributed by atoms with Crippen LogP contribution in [0.15, 0.2) is 120 Å². The zero-order chi connectivity index (χ0) is 32.8. The smallest absolute Gasteiger partial charge is 0.344 e. The van der Waals surface area contributed by atoms with Crippen LogP contribution < -0.4 is 18.3 Å². The van der Waals surface area contributed by atoms with Gasteiger partial charge in [-0.1, -0.05) is 59.9 Å². The minimum atomic E-state index is 0.936. The van der Waals surface area contributed by atoms with E-state index in [1.54, 1.807) is 0 Å². The second-order valence-corrected chi connectivity index (χ2v) is 12.6. The third-order valence-electron chi connectivity index (χ3n) is 8.41. The molecule has 8 rings (SSSR count). The van der Waals surface area contributed by atoms with E-state index in [1.165, 1.54) is 43.0 Å². The number of aryl methyl sites for hydroxylation is 8. The van der Waals surface area contributed by atoms with Gasteiger partial charge in [0.15, 0.2) is 11.4 Å². The van der Waals surface area contributed by atoms with Crippen molar-refractivity contribution in [3.05, 3.63) is 138 Å². The average molecular weight is 630 g/mol. The highest BCUT2D eigenvalue weighted by Gasteiger charge is 2.13. The lowest BCUT2D eigenvalue weighted by atomic mass is 10.2. The van der Waals surface area contributed by atoms with E-state index in [1.807, 2.05) is 78.5 Å². The first-order chi connectivity index (χ1) is 22.2. The molecule has 0 saturated heterocycles. The van der Waals surface area contributed by atoms with Crippen LogP contribution in [0.4, 0.5) is 0 Å². The molecule has 0 aliphatic rings. The molecule has 0 N–H and O–H groups in total. The van der Waals surface area contributed by atoms with E-state index in [-0.39, 0.29) is 0 Å². The Morgan fingerprint density at radius 2 is 1.11 bits per heavy atom. The molecule has 0 aliphatic carbocycles. The van der Waals surface area contributed by atoms with E-state index in [0.29, 0.717) is 0 Å². The van der Waals surface area contributed by atoms with Gasteiger partial charge in [-0.25, -0.2) is 4.98 Å². The summed E-state index contributed by atoms with van der Waals surface area (Å²) in [5.74, 6) is 0.936. The number of benzene rings is 4. The molecular weight excluding hydrogens is 587 g/mol. The van der Waals surface area contributed by atoms with Crippen LogP contribution in [0.25, 0.3) is 43.3 Å². The predicted octanol–water partition coefficient (Wildman–Crippen LogP) is 6.94. The van der Waals surface area contributed by atoms with Crippen molar-refractivity contribution in [1.29, 1.82) is 0 Å². The molecule has 0 aliphatic heterocycles. The lowest BCUT2D eigenvalue weighted by molar-refractivity contribution is -0.657. The Labute approximate surface area is 275 Å². The number of oxazole rings is 1. The number of rotatable bonds is 0. The summed E-state index contributed by atoms with van der Waals surface area (Å²) in [6.07, 6.45) is 1.89. The Morgan fingerprint density at radius 1 is 0.522 bits per heavy atom. The van der Waals surface area contributed by atoms with Crippen molar-refractivity contribution in [3.63, 3.8) is 0 Å². The van der Waals surface area contributed by atoms with Gasteiger partial charge in [-0.3, -0.25) is 0 Å². The molecule has 7 heteroatoms. The van der Waals surface area contributed by atoms with Gasteiger partial charge in [0.2, 0.25) is 27.1 Å². The monoisotopic (exact) mass is 629 g/mol. The molecule has 232 valence electrons. The van der Waals surface area contributed by atoms with Crippen molar-refractivity contribution in [2.24, 2.45) is 28.2 Å². The molecule has 46 heavy (non-hydrogen) atoms. The second kappa shape index (κ2) is 14.4. The summed E-state index contributed by atoms with van der Waals surface area (Å²) in [5, 5.41) is 2.65. The molecule has 0 spiro atoms. The molecule has 0 atom stereocenters. The number of fused-ring (bicyclic) bond motifs is 4. The molecule has 4 heterocycles. The molecule has 4 aromatic carbocycles. The number of hydrogen-bond acceptors (Lipinski definition) is 3. The maximum atomic E-state index is 5.46. The number of nitrogens with zero attached hydrogens (tertiary/aromatic N) is 5. The molecule has 0 fully saturated rings. The quantitative estimate of drug-likeness (QED) is 0.171. The molecule has 0 amide bonds. The summed E-state index contributed by atoms with van der Waals surface area (Å²) in [6, 6.07) is 37.3. The van der Waals surface area contributed by atoms with Gasteiger partial charge in [0.05, 0.1) is 13.1 Å². The SMILES string of the molecule is Cc1ccc2ccccc2[n+]1C.Cc1cnc2ccccc2[n+]1C.Cc1oc2ccccc2[n+]1C.Cc1sc2ccccc2[n+]1C. The van der Waals surface area contributed by atoms with Gasteiger partial charge >= 0.3 is 5.89 Å². The molecule has 4 aromatic heterocycles. The maximum absolute atomic E-state index is 5.46. The van der Waals surface area contributed by atoms with Crippen LogP contribution in [0.1, 0.15) is 22.3 Å². The Hall–Kier alpha value is -5.01. The predicted molar refractivity (Wildman–Crippen MR) is 187 cm³/mol. The van der Waals surface area contributed by atoms with E-state index in [9.17, 15) is 0 Å². The van der Waals surface area contributed by atoms with Crippen LogP contribution in [0.2, 0.25) is 0 Å². The Bertz CT molecular complexity index is 2110. The highest BCUT2D eigenvalue weighted by atomic mass is 32.1. The molecule has 0 radical (unpaired) electrons. The lowest BCUT2D eigenvalue weighted by Crippen LogP contribution is -2.32. The van der Waals surface area contributed by atoms with Crippen LogP contribution in [0.3, 0.4) is 0 Å². The fourth-order valence-corrected chi connectivity index (χ4v) is 6.19. The van der Waals surface area contributed by atoms with E-state index < -0.39 is 0 Å². The van der Waals surface area contributed by atoms with E-state index in [0.717, 1.165) is 22.5 Å². The van der Waals surface area contributed by atoms with Crippen LogP contribution in [-0.4, -0.2) is 4.98 Å². The number of para-hydroxylation sites is 6. The van der Waals surface area contributed by atoms with Crippen molar-refractivity contribution in [3.8, 4) is 0 Å². The number of aromatic nitrogens is 5. The lowest BCUT2D eigenvalue weighted by Gasteiger charge is -1.97. The first kappa shape index (κ1) is 32.4. The van der Waals surface area contributed by atoms with Crippen molar-refractivity contribution >= 4 is 54.6 Å². The number of thiazole rings is 1. The fraction of sp³-hybridized carbons (Fsp3) is 0.205. The van der Waals surface area contributed by atoms with Crippen LogP contribution in [0.5, 0.6) is 0 Å². The summed E-state index contributed by atoms with van der Waals surface area (Å²) in [7, 11) is 8.26. The van der Waals surface area contributed by atoms with Crippen molar-refractivity contribution in [1.82, 2.24) is 4.98 Å². The van der Waals surface area contributed by atoms with Crippen LogP contribution in [-0.2, 0) is 28.2 Å². The zero-order valence-corrected chi connectivity index (χ0v) is 28.8. The van der Waals surface area contributed by atoms with Crippen LogP contribution >= 0.6 is 11.3 Å². The third-order valence-corrected chi connectivity index (χ3v) is 9.54. The summed E-state index contributed by atoms with van der Waals surface area (Å²) in [6.45, 7) is 8.27. The molecule has 6 nitrogen and oxygen atoms in total. The van der Waals surface area contributed by atoms with Gasteiger partial charge in [-0.15, -0.1) is 0 Å². The largest absolute Gasteiger partial charge is 0.402 e. The Kier molecular flexibility index (Phi) is 10.1. The number of hydrogen-bond donors (Lipinski definition) is 0. The third kappa shape index (κ3) is 7.11. The van der Waals surface area contributed by atoms with E-state index in [2.05, 4.69) is 127 Å². The van der Waals surface area contributed by atoms with Gasteiger partial charge in [0.25, 0.3) is 5.52 Å². The molecular formula is C39H43N5OS+4. The van der Waals surface area contributed by atoms with Crippen molar-refractivity contribution in [2.75, 3.05) is 0 Å². The highest BCUT2D eigenvalue weighted by Crippen LogP contribution is 2.18. The number of pyridine rings is 1. The minimum absolute atomic E-state index is 0.936. The fourth-order valence-electron chi connectivity index (χ4n) is 5.18. The standard InChI is InChI=1S/C11H12N.C10H11N2.C9H10NO.C9H10NS/c1-9-7-8-10-5-3-4-6-11(10)12(9)2;1-8-7-11-9-5-3-4-6-10(9)12(8)2;2*1-7-10(2)8-5-3-4-6-9(8)11-7/h3-8H,1-2H3;3-7H,1-2H3;2*3-6H,1-2H3/q4*+1. The topological polar surface area (TPSA) is 41.6 Å². The van der Waals surface area contributed by atoms with Crippen molar-refractivity contribution in [2.45, 2.75) is 27.7 Å². The van der Waals surface area contributed by atoms with Crippen molar-refractivity contribution < 1.29 is 22.7 Å². The Balaban J connectivity index is 0.000000121. The summed E-state index contributed by atoms with van der Waals surface area (Å²) in [4.78, 5) is 4.32. The van der Waals surface area contributed by atoms with Gasteiger partial charge in [0, 0.05) is 56.5 Å². The first-order valence-electron chi connectivity index (χ1n) is 15.4. The highest BCUT2D eigenvalue weighted by molar-refractivity contribution is 7.18. The van der Waals surface area contributed by atoms with Gasteiger partial charge in [0.1, 0.15) is 38.4 Å². The molecule has 0 bridgehead atoms. The summed E-state index contributed by atoms with van der Waals surface area (Å²) >= 11 is 1.84. The molecule has 8 aromatic rings. The maximum Gasteiger partial charge on any atom is 0.344 e. The average Bonchev–Trinajstić information content (AvgIpc) is 3.54. The van der Waals surface area contributed by atoms with Gasteiger partial charge in [-0.05, 0) is 30.3 Å². The normalized spacial score (nSPS) is 10.6. The summed E-state index contributed by atoms with van der Waals surface area (Å²) in [5.41, 5.74) is 9.40. The minimum Gasteiger partial charge on any atom is -0.402 e. The molecule has 0 saturated carbocycles. The summed E-state index contributed by atoms with van der Waals surface area (Å²) < 4.78 is 15.4. The van der Waals surface area contributed by atoms with E-state index >= 15 is 0 Å².